The van der Waals surface area contributed by atoms with Crippen LogP contribution in [0.15, 0.2) is 30.3 Å². The smallest absolute Gasteiger partial charge is 0.397 e. The van der Waals surface area contributed by atoms with Crippen molar-refractivity contribution in [3.05, 3.63) is 35.9 Å². The van der Waals surface area contributed by atoms with Crippen LogP contribution in [-0.4, -0.2) is 26.9 Å². The summed E-state index contributed by atoms with van der Waals surface area (Å²) in [6.07, 6.45) is 0. The Balaban J connectivity index is 2.66. The lowest BCUT2D eigenvalue weighted by molar-refractivity contribution is -0.153. The van der Waals surface area contributed by atoms with E-state index in [2.05, 4.69) is 4.74 Å². The molecule has 0 heterocycles. The first-order valence-electron chi connectivity index (χ1n) is 5.20. The van der Waals surface area contributed by atoms with Crippen molar-refractivity contribution >= 4 is 21.9 Å². The van der Waals surface area contributed by atoms with Gasteiger partial charge in [0.2, 0.25) is 10.0 Å². The highest BCUT2D eigenvalue weighted by atomic mass is 32.2. The van der Waals surface area contributed by atoms with Gasteiger partial charge in [-0.3, -0.25) is 4.79 Å². The van der Waals surface area contributed by atoms with E-state index in [0.717, 1.165) is 0 Å². The Morgan fingerprint density at radius 3 is 2.39 bits per heavy atom. The largest absolute Gasteiger partial charge is 0.459 e. The predicted molar refractivity (Wildman–Crippen MR) is 63.8 cm³/mol. The van der Waals surface area contributed by atoms with Crippen LogP contribution in [0.1, 0.15) is 12.5 Å². The molecule has 98 valence electrons. The van der Waals surface area contributed by atoms with Crippen molar-refractivity contribution in [1.29, 1.82) is 0 Å². The monoisotopic (exact) mass is 271 g/mol. The molecule has 0 fully saturated rings. The van der Waals surface area contributed by atoms with Crippen LogP contribution in [0.2, 0.25) is 0 Å². The summed E-state index contributed by atoms with van der Waals surface area (Å²) in [5.41, 5.74) is 0.515. The molecule has 0 radical (unpaired) electrons. The van der Waals surface area contributed by atoms with Crippen molar-refractivity contribution in [3.8, 4) is 0 Å². The molecule has 18 heavy (non-hydrogen) atoms. The standard InChI is InChI=1S/C11H13NO5S/c1-2-17-11(14)10(13)12-18(15,16)8-9-6-4-3-5-7-9/h3-7H,2,8H2,1H3,(H,12,13). The summed E-state index contributed by atoms with van der Waals surface area (Å²) < 4.78 is 29.2. The first kappa shape index (κ1) is 14.2. The van der Waals surface area contributed by atoms with Crippen molar-refractivity contribution in [1.82, 2.24) is 4.72 Å². The second kappa shape index (κ2) is 6.15. The molecule has 0 atom stereocenters. The van der Waals surface area contributed by atoms with Gasteiger partial charge in [-0.2, -0.15) is 0 Å². The third-order valence-corrected chi connectivity index (χ3v) is 3.12. The van der Waals surface area contributed by atoms with Crippen molar-refractivity contribution in [2.24, 2.45) is 0 Å². The zero-order chi connectivity index (χ0) is 13.6. The highest BCUT2D eigenvalue weighted by molar-refractivity contribution is 7.89. The van der Waals surface area contributed by atoms with Crippen molar-refractivity contribution in [2.75, 3.05) is 6.61 Å². The third-order valence-electron chi connectivity index (χ3n) is 1.91. The van der Waals surface area contributed by atoms with E-state index in [1.807, 2.05) is 0 Å². The Morgan fingerprint density at radius 2 is 1.83 bits per heavy atom. The Labute approximate surface area is 105 Å². The maximum atomic E-state index is 11.6. The number of hydrogen-bond acceptors (Lipinski definition) is 5. The Morgan fingerprint density at radius 1 is 1.22 bits per heavy atom. The van der Waals surface area contributed by atoms with Crippen LogP contribution in [0, 0.1) is 0 Å². The van der Waals surface area contributed by atoms with Gasteiger partial charge >= 0.3 is 11.9 Å². The minimum atomic E-state index is -3.90. The van der Waals surface area contributed by atoms with Gasteiger partial charge in [-0.25, -0.2) is 17.9 Å². The molecule has 0 aliphatic heterocycles. The Kier molecular flexibility index (Phi) is 4.85. The van der Waals surface area contributed by atoms with Gasteiger partial charge in [-0.1, -0.05) is 30.3 Å². The molecule has 0 saturated heterocycles. The molecule has 1 aromatic carbocycles. The molecular weight excluding hydrogens is 258 g/mol. The zero-order valence-electron chi connectivity index (χ0n) is 9.75. The Bertz CT molecular complexity index is 524. The van der Waals surface area contributed by atoms with Crippen LogP contribution in [0.5, 0.6) is 0 Å². The van der Waals surface area contributed by atoms with Gasteiger partial charge in [0.15, 0.2) is 0 Å². The quantitative estimate of drug-likeness (QED) is 0.624. The molecular formula is C11H13NO5S. The number of amides is 1. The summed E-state index contributed by atoms with van der Waals surface area (Å²) in [6, 6.07) is 8.31. The number of carbonyl (C=O) groups excluding carboxylic acids is 2. The van der Waals surface area contributed by atoms with Crippen LogP contribution in [0.4, 0.5) is 0 Å². The molecule has 1 aromatic rings. The number of ether oxygens (including phenoxy) is 1. The van der Waals surface area contributed by atoms with E-state index in [-0.39, 0.29) is 12.4 Å². The van der Waals surface area contributed by atoms with Crippen LogP contribution in [0.25, 0.3) is 0 Å². The number of nitrogens with one attached hydrogen (secondary N) is 1. The number of benzene rings is 1. The van der Waals surface area contributed by atoms with E-state index in [9.17, 15) is 18.0 Å². The molecule has 0 saturated carbocycles. The molecule has 1 amide bonds. The van der Waals surface area contributed by atoms with Crippen LogP contribution >= 0.6 is 0 Å². The minimum absolute atomic E-state index is 0.00495. The molecule has 0 aliphatic rings. The maximum absolute atomic E-state index is 11.6. The second-order valence-corrected chi connectivity index (χ2v) is 5.12. The van der Waals surface area contributed by atoms with E-state index in [1.165, 1.54) is 6.92 Å². The lowest BCUT2D eigenvalue weighted by Crippen LogP contribution is -2.37. The molecule has 0 aliphatic carbocycles. The van der Waals surface area contributed by atoms with E-state index in [0.29, 0.717) is 5.56 Å². The number of rotatable bonds is 4. The van der Waals surface area contributed by atoms with Crippen molar-refractivity contribution < 1.29 is 22.7 Å². The predicted octanol–water partition coefficient (Wildman–Crippen LogP) is 0.196. The summed E-state index contributed by atoms with van der Waals surface area (Å²) in [6.45, 7) is 1.52. The van der Waals surface area contributed by atoms with Gasteiger partial charge in [0, 0.05) is 0 Å². The molecule has 0 bridgehead atoms. The summed E-state index contributed by atoms with van der Waals surface area (Å²) in [5.74, 6) is -2.87. The van der Waals surface area contributed by atoms with Crippen LogP contribution in [0.3, 0.4) is 0 Å². The molecule has 1 rings (SSSR count). The lowest BCUT2D eigenvalue weighted by atomic mass is 10.2. The molecule has 7 heteroatoms. The summed E-state index contributed by atoms with van der Waals surface area (Å²) in [4.78, 5) is 22.1. The maximum Gasteiger partial charge on any atom is 0.397 e. The number of sulfonamides is 1. The first-order chi connectivity index (χ1) is 8.44. The van der Waals surface area contributed by atoms with E-state index in [1.54, 1.807) is 35.1 Å². The Hall–Kier alpha value is -1.89. The van der Waals surface area contributed by atoms with Gasteiger partial charge in [-0.05, 0) is 12.5 Å². The average molecular weight is 271 g/mol. The van der Waals surface area contributed by atoms with Gasteiger partial charge in [0.25, 0.3) is 0 Å². The topological polar surface area (TPSA) is 89.5 Å². The normalized spacial score (nSPS) is 10.7. The summed E-state index contributed by atoms with van der Waals surface area (Å²) in [5, 5.41) is 0. The average Bonchev–Trinajstić information content (AvgIpc) is 2.29. The molecule has 6 nitrogen and oxygen atoms in total. The van der Waals surface area contributed by atoms with Gasteiger partial charge < -0.3 is 4.74 Å². The highest BCUT2D eigenvalue weighted by Gasteiger charge is 2.22. The van der Waals surface area contributed by atoms with E-state index in [4.69, 9.17) is 0 Å². The number of esters is 1. The third kappa shape index (κ3) is 4.54. The van der Waals surface area contributed by atoms with Crippen LogP contribution in [-0.2, 0) is 30.1 Å². The van der Waals surface area contributed by atoms with Gasteiger partial charge in [0.1, 0.15) is 0 Å². The zero-order valence-corrected chi connectivity index (χ0v) is 10.6. The van der Waals surface area contributed by atoms with E-state index < -0.39 is 21.9 Å². The van der Waals surface area contributed by atoms with Crippen LogP contribution < -0.4 is 4.72 Å². The fraction of sp³-hybridized carbons (Fsp3) is 0.273. The fourth-order valence-electron chi connectivity index (χ4n) is 1.21. The number of hydrogen-bond donors (Lipinski definition) is 1. The van der Waals surface area contributed by atoms with Gasteiger partial charge in [-0.15, -0.1) is 0 Å². The van der Waals surface area contributed by atoms with E-state index >= 15 is 0 Å². The number of carbonyl (C=O) groups is 2. The second-order valence-electron chi connectivity index (χ2n) is 3.40. The molecule has 1 N–H and O–H groups in total. The minimum Gasteiger partial charge on any atom is -0.459 e. The highest BCUT2D eigenvalue weighted by Crippen LogP contribution is 2.03. The van der Waals surface area contributed by atoms with Crippen molar-refractivity contribution in [3.63, 3.8) is 0 Å². The summed E-state index contributed by atoms with van der Waals surface area (Å²) in [7, 11) is -3.90. The first-order valence-corrected chi connectivity index (χ1v) is 6.85. The van der Waals surface area contributed by atoms with Crippen molar-refractivity contribution in [2.45, 2.75) is 12.7 Å². The SMILES string of the molecule is CCOC(=O)C(=O)NS(=O)(=O)Cc1ccccc1. The summed E-state index contributed by atoms with van der Waals surface area (Å²) >= 11 is 0. The molecule has 0 unspecified atom stereocenters. The fourth-order valence-corrected chi connectivity index (χ4v) is 2.28. The molecule has 0 aromatic heterocycles. The lowest BCUT2D eigenvalue weighted by Gasteiger charge is -2.06. The van der Waals surface area contributed by atoms with Gasteiger partial charge in [0.05, 0.1) is 12.4 Å². The molecule has 0 spiro atoms.